The lowest BCUT2D eigenvalue weighted by molar-refractivity contribution is -0.116. The van der Waals surface area contributed by atoms with Crippen molar-refractivity contribution in [3.63, 3.8) is 0 Å². The fourth-order valence-corrected chi connectivity index (χ4v) is 6.35. The highest BCUT2D eigenvalue weighted by atomic mass is 32.2. The molecule has 0 fully saturated rings. The largest absolute Gasteiger partial charge is 0.324 e. The number of nitrogens with one attached hydrogen (secondary N) is 1. The van der Waals surface area contributed by atoms with Gasteiger partial charge in [-0.2, -0.15) is 0 Å². The Labute approximate surface area is 164 Å². The summed E-state index contributed by atoms with van der Waals surface area (Å²) in [4.78, 5) is 12.9. The first-order valence-corrected chi connectivity index (χ1v) is 10.8. The van der Waals surface area contributed by atoms with Crippen LogP contribution in [0.25, 0.3) is 0 Å². The maximum Gasteiger partial charge on any atom is 0.225 e. The smallest absolute Gasteiger partial charge is 0.225 e. The fraction of sp³-hybridized carbons (Fsp3) is 0.150. The lowest BCUT2D eigenvalue weighted by Crippen LogP contribution is -2.24. The van der Waals surface area contributed by atoms with Gasteiger partial charge in [0.2, 0.25) is 15.7 Å². The summed E-state index contributed by atoms with van der Waals surface area (Å²) in [7, 11) is -3.86. The molecule has 0 aliphatic carbocycles. The summed E-state index contributed by atoms with van der Waals surface area (Å²) in [5.74, 6) is -2.56. The molecule has 0 saturated heterocycles. The van der Waals surface area contributed by atoms with Gasteiger partial charge in [0.15, 0.2) is 0 Å². The Kier molecular flexibility index (Phi) is 4.55. The van der Waals surface area contributed by atoms with Gasteiger partial charge in [-0.05, 0) is 36.2 Å². The number of carbonyl (C=O) groups is 1. The molecule has 0 bridgehead atoms. The third-order valence-electron chi connectivity index (χ3n) is 4.68. The van der Waals surface area contributed by atoms with E-state index in [0.29, 0.717) is 4.88 Å². The van der Waals surface area contributed by atoms with E-state index < -0.39 is 33.3 Å². The average molecular weight is 419 g/mol. The second kappa shape index (κ2) is 6.79. The van der Waals surface area contributed by atoms with Gasteiger partial charge in [0.25, 0.3) is 0 Å². The molecular weight excluding hydrogens is 404 g/mol. The molecular formula is C20H15F2NO3S2. The summed E-state index contributed by atoms with van der Waals surface area (Å²) >= 11 is 1.14. The van der Waals surface area contributed by atoms with E-state index in [1.165, 1.54) is 17.5 Å². The van der Waals surface area contributed by atoms with Crippen molar-refractivity contribution in [3.8, 4) is 0 Å². The quantitative estimate of drug-likeness (QED) is 0.673. The lowest BCUT2D eigenvalue weighted by atomic mass is 9.90. The first-order valence-electron chi connectivity index (χ1n) is 8.45. The molecule has 1 N–H and O–H groups in total. The summed E-state index contributed by atoms with van der Waals surface area (Å²) in [6.45, 7) is 1.79. The number of sulfone groups is 1. The van der Waals surface area contributed by atoms with Crippen LogP contribution in [0.3, 0.4) is 0 Å². The van der Waals surface area contributed by atoms with Gasteiger partial charge in [-0.15, -0.1) is 11.3 Å². The van der Waals surface area contributed by atoms with Gasteiger partial charge < -0.3 is 5.32 Å². The van der Waals surface area contributed by atoms with Crippen LogP contribution < -0.4 is 5.32 Å². The van der Waals surface area contributed by atoms with E-state index in [1.807, 2.05) is 0 Å². The molecule has 1 unspecified atom stereocenters. The number of fused-ring (bicyclic) bond motifs is 1. The highest BCUT2D eigenvalue weighted by Crippen LogP contribution is 2.46. The van der Waals surface area contributed by atoms with Crippen LogP contribution in [-0.4, -0.2) is 14.3 Å². The van der Waals surface area contributed by atoms with Crippen molar-refractivity contribution in [3.05, 3.63) is 75.5 Å². The molecule has 8 heteroatoms. The Bertz CT molecular complexity index is 1200. The number of anilines is 1. The Morgan fingerprint density at radius 2 is 1.93 bits per heavy atom. The number of benzene rings is 2. The van der Waals surface area contributed by atoms with E-state index in [0.717, 1.165) is 29.0 Å². The molecule has 0 saturated carbocycles. The van der Waals surface area contributed by atoms with E-state index in [1.54, 1.807) is 25.1 Å². The van der Waals surface area contributed by atoms with Crippen molar-refractivity contribution < 1.29 is 22.0 Å². The van der Waals surface area contributed by atoms with Crippen molar-refractivity contribution in [2.24, 2.45) is 0 Å². The van der Waals surface area contributed by atoms with Crippen molar-refractivity contribution >= 4 is 32.8 Å². The summed E-state index contributed by atoms with van der Waals surface area (Å²) < 4.78 is 53.8. The van der Waals surface area contributed by atoms with Crippen molar-refractivity contribution in [1.29, 1.82) is 0 Å². The van der Waals surface area contributed by atoms with E-state index in [9.17, 15) is 22.0 Å². The van der Waals surface area contributed by atoms with Gasteiger partial charge in [-0.1, -0.05) is 18.2 Å². The Morgan fingerprint density at radius 3 is 2.64 bits per heavy atom. The predicted molar refractivity (Wildman–Crippen MR) is 102 cm³/mol. The van der Waals surface area contributed by atoms with Crippen LogP contribution in [0, 0.1) is 18.6 Å². The molecule has 1 aliphatic heterocycles. The second-order valence-electron chi connectivity index (χ2n) is 6.63. The molecule has 2 aromatic carbocycles. The van der Waals surface area contributed by atoms with Gasteiger partial charge in [0.05, 0.1) is 10.6 Å². The number of rotatable bonds is 3. The van der Waals surface area contributed by atoms with Crippen LogP contribution in [0.5, 0.6) is 0 Å². The number of thiophene rings is 1. The van der Waals surface area contributed by atoms with Crippen LogP contribution in [0.4, 0.5) is 14.5 Å². The fourth-order valence-electron chi connectivity index (χ4n) is 3.35. The normalized spacial score (nSPS) is 16.5. The van der Waals surface area contributed by atoms with Crippen LogP contribution in [0.2, 0.25) is 0 Å². The molecule has 1 aromatic heterocycles. The van der Waals surface area contributed by atoms with Crippen molar-refractivity contribution in [2.75, 3.05) is 5.32 Å². The minimum Gasteiger partial charge on any atom is -0.324 e. The SMILES string of the molecule is Cc1cccc(S(=O)(=O)c2csc3c2NC(=O)CC3c2ccc(F)cc2F)c1. The Balaban J connectivity index is 1.85. The van der Waals surface area contributed by atoms with E-state index in [-0.39, 0.29) is 27.5 Å². The standard InChI is InChI=1S/C20H15F2NO3S2/c1-11-3-2-4-13(7-11)28(25,26)17-10-27-20-15(9-18(24)23-19(17)20)14-6-5-12(21)8-16(14)22/h2-8,10,15H,9H2,1H3,(H,23,24). The third-order valence-corrected chi connectivity index (χ3v) is 7.70. The molecule has 4 nitrogen and oxygen atoms in total. The number of amides is 1. The van der Waals surface area contributed by atoms with Gasteiger partial charge in [0, 0.05) is 28.7 Å². The van der Waals surface area contributed by atoms with Crippen LogP contribution in [0.15, 0.2) is 57.6 Å². The molecule has 4 rings (SSSR count). The van der Waals surface area contributed by atoms with Crippen LogP contribution >= 0.6 is 11.3 Å². The minimum absolute atomic E-state index is 0.0151. The molecule has 1 atom stereocenters. The molecule has 144 valence electrons. The zero-order chi connectivity index (χ0) is 20.1. The van der Waals surface area contributed by atoms with Crippen LogP contribution in [0.1, 0.15) is 28.3 Å². The Hall–Kier alpha value is -2.58. The number of carbonyl (C=O) groups excluding carboxylic acids is 1. The molecule has 28 heavy (non-hydrogen) atoms. The molecule has 3 aromatic rings. The molecule has 2 heterocycles. The first kappa shape index (κ1) is 18.8. The molecule has 0 spiro atoms. The van der Waals surface area contributed by atoms with Crippen molar-refractivity contribution in [2.45, 2.75) is 29.1 Å². The summed E-state index contributed by atoms with van der Waals surface area (Å²) in [5, 5.41) is 4.09. The zero-order valence-electron chi connectivity index (χ0n) is 14.7. The third kappa shape index (κ3) is 3.12. The van der Waals surface area contributed by atoms with Gasteiger partial charge in [-0.25, -0.2) is 17.2 Å². The zero-order valence-corrected chi connectivity index (χ0v) is 16.3. The van der Waals surface area contributed by atoms with Crippen LogP contribution in [-0.2, 0) is 14.6 Å². The summed E-state index contributed by atoms with van der Waals surface area (Å²) in [6, 6.07) is 9.68. The maximum absolute atomic E-state index is 14.3. The Morgan fingerprint density at radius 1 is 1.14 bits per heavy atom. The topological polar surface area (TPSA) is 63.2 Å². The van der Waals surface area contributed by atoms with Gasteiger partial charge in [-0.3, -0.25) is 4.79 Å². The first-order chi connectivity index (χ1) is 13.3. The maximum atomic E-state index is 14.3. The minimum atomic E-state index is -3.86. The predicted octanol–water partition coefficient (Wildman–Crippen LogP) is 4.64. The number of aryl methyl sites for hydroxylation is 1. The van der Waals surface area contributed by atoms with E-state index in [2.05, 4.69) is 5.32 Å². The number of halogens is 2. The van der Waals surface area contributed by atoms with E-state index in [4.69, 9.17) is 0 Å². The molecule has 1 aliphatic rings. The highest BCUT2D eigenvalue weighted by molar-refractivity contribution is 7.91. The van der Waals surface area contributed by atoms with E-state index >= 15 is 0 Å². The second-order valence-corrected chi connectivity index (χ2v) is 9.46. The number of hydrogen-bond donors (Lipinski definition) is 1. The summed E-state index contributed by atoms with van der Waals surface area (Å²) in [5.41, 5.74) is 1.14. The molecule has 0 radical (unpaired) electrons. The molecule has 1 amide bonds. The van der Waals surface area contributed by atoms with Gasteiger partial charge in [0.1, 0.15) is 16.5 Å². The average Bonchev–Trinajstić information content (AvgIpc) is 3.05. The monoisotopic (exact) mass is 419 g/mol. The number of hydrogen-bond acceptors (Lipinski definition) is 4. The highest BCUT2D eigenvalue weighted by Gasteiger charge is 2.35. The lowest BCUT2D eigenvalue weighted by Gasteiger charge is -2.24. The van der Waals surface area contributed by atoms with Gasteiger partial charge >= 0.3 is 0 Å². The van der Waals surface area contributed by atoms with Crippen molar-refractivity contribution in [1.82, 2.24) is 0 Å². The summed E-state index contributed by atoms with van der Waals surface area (Å²) in [6.07, 6.45) is -0.0417.